The standard InChI is InChI=1S/C12H14N2O3S2/c1-8(2)11-7-18-12(13-11)14-19(16,17)10-5-3-9(15)4-6-10/h3-8,15H,1-2H3,(H,13,14). The van der Waals surface area contributed by atoms with E-state index in [2.05, 4.69) is 9.71 Å². The molecule has 0 amide bonds. The highest BCUT2D eigenvalue weighted by Crippen LogP contribution is 2.24. The molecule has 19 heavy (non-hydrogen) atoms. The number of phenols is 1. The molecule has 1 aromatic heterocycles. The van der Waals surface area contributed by atoms with Crippen molar-refractivity contribution < 1.29 is 13.5 Å². The number of phenolic OH excluding ortho intramolecular Hbond substituents is 1. The minimum Gasteiger partial charge on any atom is -0.508 e. The molecule has 0 radical (unpaired) electrons. The van der Waals surface area contributed by atoms with Crippen molar-refractivity contribution in [2.75, 3.05) is 4.72 Å². The molecule has 1 aromatic carbocycles. The number of aromatic nitrogens is 1. The summed E-state index contributed by atoms with van der Waals surface area (Å²) in [7, 11) is -3.66. The normalized spacial score (nSPS) is 11.7. The van der Waals surface area contributed by atoms with Gasteiger partial charge >= 0.3 is 0 Å². The predicted octanol–water partition coefficient (Wildman–Crippen LogP) is 2.77. The average Bonchev–Trinajstić information content (AvgIpc) is 2.77. The van der Waals surface area contributed by atoms with Crippen molar-refractivity contribution >= 4 is 26.5 Å². The van der Waals surface area contributed by atoms with Crippen LogP contribution in [0.1, 0.15) is 25.5 Å². The lowest BCUT2D eigenvalue weighted by atomic mass is 10.2. The van der Waals surface area contributed by atoms with Gasteiger partial charge in [-0.3, -0.25) is 4.72 Å². The van der Waals surface area contributed by atoms with E-state index in [4.69, 9.17) is 5.11 Å². The van der Waals surface area contributed by atoms with Gasteiger partial charge in [-0.15, -0.1) is 11.3 Å². The average molecular weight is 298 g/mol. The third-order valence-corrected chi connectivity index (χ3v) is 4.74. The van der Waals surface area contributed by atoms with Crippen LogP contribution in [0, 0.1) is 0 Å². The van der Waals surface area contributed by atoms with Crippen LogP contribution in [0.4, 0.5) is 5.13 Å². The lowest BCUT2D eigenvalue weighted by Crippen LogP contribution is -2.12. The van der Waals surface area contributed by atoms with Gasteiger partial charge in [0.15, 0.2) is 5.13 Å². The summed E-state index contributed by atoms with van der Waals surface area (Å²) >= 11 is 1.25. The molecule has 0 saturated carbocycles. The number of aromatic hydroxyl groups is 1. The van der Waals surface area contributed by atoms with E-state index in [1.165, 1.54) is 35.6 Å². The third-order valence-electron chi connectivity index (χ3n) is 2.48. The van der Waals surface area contributed by atoms with Gasteiger partial charge in [0.05, 0.1) is 10.6 Å². The fourth-order valence-corrected chi connectivity index (χ4v) is 3.52. The Labute approximate surface area is 116 Å². The van der Waals surface area contributed by atoms with Crippen LogP contribution < -0.4 is 4.72 Å². The summed E-state index contributed by atoms with van der Waals surface area (Å²) in [6.45, 7) is 3.99. The van der Waals surface area contributed by atoms with Crippen LogP contribution in [-0.4, -0.2) is 18.5 Å². The number of nitrogens with one attached hydrogen (secondary N) is 1. The summed E-state index contributed by atoms with van der Waals surface area (Å²) in [6, 6.07) is 5.34. The van der Waals surface area contributed by atoms with Gasteiger partial charge in [0.2, 0.25) is 0 Å². The summed E-state index contributed by atoms with van der Waals surface area (Å²) in [5.41, 5.74) is 0.855. The molecule has 0 unspecified atom stereocenters. The van der Waals surface area contributed by atoms with Crippen molar-refractivity contribution in [1.29, 1.82) is 0 Å². The highest BCUT2D eigenvalue weighted by molar-refractivity contribution is 7.93. The minimum absolute atomic E-state index is 0.0234. The number of thiazole rings is 1. The van der Waals surface area contributed by atoms with Gasteiger partial charge in [0.25, 0.3) is 10.0 Å². The predicted molar refractivity (Wildman–Crippen MR) is 75.1 cm³/mol. The molecule has 102 valence electrons. The Hall–Kier alpha value is -1.60. The van der Waals surface area contributed by atoms with E-state index in [9.17, 15) is 8.42 Å². The molecule has 0 aliphatic carbocycles. The summed E-state index contributed by atoms with van der Waals surface area (Å²) in [5, 5.41) is 11.3. The van der Waals surface area contributed by atoms with E-state index < -0.39 is 10.0 Å². The zero-order valence-corrected chi connectivity index (χ0v) is 12.1. The van der Waals surface area contributed by atoms with E-state index in [-0.39, 0.29) is 16.6 Å². The second-order valence-corrected chi connectivity index (χ2v) is 6.87. The van der Waals surface area contributed by atoms with Crippen LogP contribution in [0.25, 0.3) is 0 Å². The fourth-order valence-electron chi connectivity index (χ4n) is 1.40. The highest BCUT2D eigenvalue weighted by Gasteiger charge is 2.16. The number of rotatable bonds is 4. The Morgan fingerprint density at radius 1 is 1.26 bits per heavy atom. The molecule has 2 aromatic rings. The van der Waals surface area contributed by atoms with Crippen molar-refractivity contribution in [3.05, 3.63) is 35.3 Å². The van der Waals surface area contributed by atoms with Crippen molar-refractivity contribution in [3.63, 3.8) is 0 Å². The van der Waals surface area contributed by atoms with Gasteiger partial charge in [0.1, 0.15) is 5.75 Å². The summed E-state index contributed by atoms with van der Waals surface area (Å²) in [5.74, 6) is 0.276. The monoisotopic (exact) mass is 298 g/mol. The zero-order valence-electron chi connectivity index (χ0n) is 10.5. The van der Waals surface area contributed by atoms with Crippen LogP contribution >= 0.6 is 11.3 Å². The van der Waals surface area contributed by atoms with Crippen molar-refractivity contribution in [2.45, 2.75) is 24.7 Å². The Morgan fingerprint density at radius 3 is 2.42 bits per heavy atom. The molecular weight excluding hydrogens is 284 g/mol. The lowest BCUT2D eigenvalue weighted by molar-refractivity contribution is 0.475. The number of hydrogen-bond donors (Lipinski definition) is 2. The molecule has 2 rings (SSSR count). The molecule has 5 nitrogen and oxygen atoms in total. The quantitative estimate of drug-likeness (QED) is 0.909. The molecule has 0 aliphatic rings. The summed E-state index contributed by atoms with van der Waals surface area (Å²) in [4.78, 5) is 4.31. The maximum absolute atomic E-state index is 12.1. The van der Waals surface area contributed by atoms with Gasteiger partial charge in [-0.1, -0.05) is 13.8 Å². The first-order valence-electron chi connectivity index (χ1n) is 5.66. The number of benzene rings is 1. The van der Waals surface area contributed by atoms with E-state index in [0.717, 1.165) is 5.69 Å². The highest BCUT2D eigenvalue weighted by atomic mass is 32.2. The second-order valence-electron chi connectivity index (χ2n) is 4.33. The van der Waals surface area contributed by atoms with Crippen LogP contribution in [0.3, 0.4) is 0 Å². The first kappa shape index (κ1) is 13.8. The molecule has 1 heterocycles. The Balaban J connectivity index is 2.23. The maximum Gasteiger partial charge on any atom is 0.263 e. The molecular formula is C12H14N2O3S2. The van der Waals surface area contributed by atoms with E-state index in [0.29, 0.717) is 5.13 Å². The Morgan fingerprint density at radius 2 is 1.89 bits per heavy atom. The first-order valence-corrected chi connectivity index (χ1v) is 8.02. The Bertz CT molecular complexity index is 661. The number of hydrogen-bond acceptors (Lipinski definition) is 5. The first-order chi connectivity index (χ1) is 8.88. The lowest BCUT2D eigenvalue weighted by Gasteiger charge is -2.05. The SMILES string of the molecule is CC(C)c1csc(NS(=O)(=O)c2ccc(O)cc2)n1. The van der Waals surface area contributed by atoms with Gasteiger partial charge < -0.3 is 5.11 Å². The van der Waals surface area contributed by atoms with Crippen molar-refractivity contribution in [3.8, 4) is 5.75 Å². The van der Waals surface area contributed by atoms with Crippen molar-refractivity contribution in [2.24, 2.45) is 0 Å². The minimum atomic E-state index is -3.66. The maximum atomic E-state index is 12.1. The van der Waals surface area contributed by atoms with Gasteiger partial charge in [0, 0.05) is 5.38 Å². The van der Waals surface area contributed by atoms with E-state index in [1.807, 2.05) is 19.2 Å². The third kappa shape index (κ3) is 3.24. The second kappa shape index (κ2) is 5.18. The topological polar surface area (TPSA) is 79.3 Å². The Kier molecular flexibility index (Phi) is 3.77. The summed E-state index contributed by atoms with van der Waals surface area (Å²) in [6.07, 6.45) is 0. The van der Waals surface area contributed by atoms with E-state index >= 15 is 0 Å². The zero-order chi connectivity index (χ0) is 14.0. The molecule has 7 heteroatoms. The number of nitrogens with zero attached hydrogens (tertiary/aromatic N) is 1. The summed E-state index contributed by atoms with van der Waals surface area (Å²) < 4.78 is 26.6. The van der Waals surface area contributed by atoms with Crippen LogP contribution in [0.15, 0.2) is 34.5 Å². The van der Waals surface area contributed by atoms with Crippen LogP contribution in [0.5, 0.6) is 5.75 Å². The van der Waals surface area contributed by atoms with Crippen LogP contribution in [0.2, 0.25) is 0 Å². The number of sulfonamides is 1. The molecule has 0 spiro atoms. The smallest absolute Gasteiger partial charge is 0.263 e. The van der Waals surface area contributed by atoms with Crippen molar-refractivity contribution in [1.82, 2.24) is 4.98 Å². The fraction of sp³-hybridized carbons (Fsp3) is 0.250. The molecule has 0 fully saturated rings. The van der Waals surface area contributed by atoms with Crippen LogP contribution in [-0.2, 0) is 10.0 Å². The molecule has 0 saturated heterocycles. The molecule has 0 atom stereocenters. The molecule has 2 N–H and O–H groups in total. The van der Waals surface area contributed by atoms with Gasteiger partial charge in [-0.05, 0) is 30.2 Å². The molecule has 0 bridgehead atoms. The van der Waals surface area contributed by atoms with Gasteiger partial charge in [-0.2, -0.15) is 0 Å². The molecule has 0 aliphatic heterocycles. The number of anilines is 1. The van der Waals surface area contributed by atoms with E-state index in [1.54, 1.807) is 0 Å². The largest absolute Gasteiger partial charge is 0.508 e. The van der Waals surface area contributed by atoms with Gasteiger partial charge in [-0.25, -0.2) is 13.4 Å².